The quantitative estimate of drug-likeness (QED) is 0.494. The third-order valence-electron chi connectivity index (χ3n) is 3.66. The molecule has 0 aromatic carbocycles. The van der Waals surface area contributed by atoms with E-state index in [1.54, 1.807) is 12.3 Å². The number of hydrogen-bond donors (Lipinski definition) is 1. The second-order valence-electron chi connectivity index (χ2n) is 5.45. The van der Waals surface area contributed by atoms with Crippen LogP contribution in [0.5, 0.6) is 0 Å². The zero-order chi connectivity index (χ0) is 16.4. The summed E-state index contributed by atoms with van der Waals surface area (Å²) in [6.45, 7) is -0.0714. The molecule has 0 bridgehead atoms. The Bertz CT molecular complexity index is 726. The van der Waals surface area contributed by atoms with Crippen LogP contribution in [0.2, 0.25) is 5.15 Å². The van der Waals surface area contributed by atoms with Crippen LogP contribution in [0.3, 0.4) is 0 Å². The predicted octanol–water partition coefficient (Wildman–Crippen LogP) is 2.11. The van der Waals surface area contributed by atoms with E-state index in [1.807, 2.05) is 6.07 Å². The Morgan fingerprint density at radius 2 is 2.26 bits per heavy atom. The van der Waals surface area contributed by atoms with Gasteiger partial charge in [-0.2, -0.15) is 5.10 Å². The second-order valence-corrected chi connectivity index (χ2v) is 5.84. The molecular weight excluding hydrogens is 322 g/mol. The molecule has 1 unspecified atom stereocenters. The zero-order valence-electron chi connectivity index (χ0n) is 12.1. The molecule has 1 aliphatic carbocycles. The van der Waals surface area contributed by atoms with Crippen molar-refractivity contribution < 1.29 is 9.72 Å². The number of nitro groups is 1. The number of carbonyl (C=O) groups excluding carboxylic acids is 1. The van der Waals surface area contributed by atoms with Crippen molar-refractivity contribution in [2.45, 2.75) is 25.4 Å². The number of nitrogens with zero attached hydrogens (tertiary/aromatic N) is 4. The molecule has 1 saturated carbocycles. The molecule has 0 radical (unpaired) electrons. The topological polar surface area (TPSA) is 103 Å². The lowest BCUT2D eigenvalue weighted by atomic mass is 10.0. The Kier molecular flexibility index (Phi) is 4.24. The van der Waals surface area contributed by atoms with Crippen molar-refractivity contribution in [2.24, 2.45) is 5.92 Å². The summed E-state index contributed by atoms with van der Waals surface area (Å²) in [6.07, 6.45) is 6.09. The van der Waals surface area contributed by atoms with Gasteiger partial charge in [0.05, 0.1) is 11.0 Å². The molecular formula is C14H14ClN5O3. The summed E-state index contributed by atoms with van der Waals surface area (Å²) in [5.41, 5.74) is 0.759. The highest BCUT2D eigenvalue weighted by atomic mass is 35.5. The fourth-order valence-electron chi connectivity index (χ4n) is 2.37. The number of rotatable bonds is 6. The van der Waals surface area contributed by atoms with Gasteiger partial charge in [-0.15, -0.1) is 0 Å². The zero-order valence-corrected chi connectivity index (χ0v) is 12.8. The summed E-state index contributed by atoms with van der Waals surface area (Å²) < 4.78 is 1.25. The van der Waals surface area contributed by atoms with E-state index in [2.05, 4.69) is 15.4 Å². The molecule has 0 aliphatic heterocycles. The van der Waals surface area contributed by atoms with Crippen LogP contribution in [-0.2, 0) is 11.3 Å². The average molecular weight is 336 g/mol. The smallest absolute Gasteiger partial charge is 0.307 e. The minimum absolute atomic E-state index is 0.0714. The molecule has 1 N–H and O–H groups in total. The third kappa shape index (κ3) is 3.84. The first-order valence-electron chi connectivity index (χ1n) is 7.10. The van der Waals surface area contributed by atoms with Crippen molar-refractivity contribution in [3.8, 4) is 0 Å². The van der Waals surface area contributed by atoms with Gasteiger partial charge >= 0.3 is 5.69 Å². The van der Waals surface area contributed by atoms with Crippen LogP contribution < -0.4 is 5.32 Å². The summed E-state index contributed by atoms with van der Waals surface area (Å²) in [5, 5.41) is 17.8. The van der Waals surface area contributed by atoms with Gasteiger partial charge in [0.25, 0.3) is 0 Å². The van der Waals surface area contributed by atoms with E-state index >= 15 is 0 Å². The molecule has 2 aromatic rings. The van der Waals surface area contributed by atoms with Gasteiger partial charge in [0.2, 0.25) is 5.91 Å². The Balaban J connectivity index is 1.66. The highest BCUT2D eigenvalue weighted by Gasteiger charge is 2.33. The summed E-state index contributed by atoms with van der Waals surface area (Å²) in [7, 11) is 0. The molecule has 1 aliphatic rings. The minimum atomic E-state index is -0.548. The molecule has 1 fully saturated rings. The van der Waals surface area contributed by atoms with Gasteiger partial charge in [-0.05, 0) is 30.4 Å². The molecule has 0 saturated heterocycles. The first-order chi connectivity index (χ1) is 11.0. The van der Waals surface area contributed by atoms with Crippen LogP contribution in [-0.4, -0.2) is 25.6 Å². The van der Waals surface area contributed by atoms with E-state index in [0.717, 1.165) is 24.6 Å². The van der Waals surface area contributed by atoms with E-state index in [4.69, 9.17) is 11.6 Å². The van der Waals surface area contributed by atoms with Crippen molar-refractivity contribution in [2.75, 3.05) is 0 Å². The standard InChI is InChI=1S/C14H14ClN5O3/c15-12-4-3-10(5-16-12)14(9-1-2-9)18-13(21)8-19-7-11(6-17-19)20(22)23/h3-7,9,14H,1-2,8H2,(H,18,21). The van der Waals surface area contributed by atoms with Crippen molar-refractivity contribution in [3.05, 3.63) is 51.6 Å². The second kappa shape index (κ2) is 6.33. The Hall–Kier alpha value is -2.48. The van der Waals surface area contributed by atoms with Crippen molar-refractivity contribution in [3.63, 3.8) is 0 Å². The molecule has 120 valence electrons. The fourth-order valence-corrected chi connectivity index (χ4v) is 2.49. The van der Waals surface area contributed by atoms with Crippen LogP contribution in [0, 0.1) is 16.0 Å². The molecule has 1 amide bonds. The van der Waals surface area contributed by atoms with E-state index in [-0.39, 0.29) is 24.2 Å². The number of aromatic nitrogens is 3. The summed E-state index contributed by atoms with van der Waals surface area (Å²) in [5.74, 6) is 0.128. The van der Waals surface area contributed by atoms with Gasteiger partial charge in [0, 0.05) is 6.20 Å². The largest absolute Gasteiger partial charge is 0.347 e. The summed E-state index contributed by atoms with van der Waals surface area (Å²) in [6, 6.07) is 3.41. The van der Waals surface area contributed by atoms with E-state index in [0.29, 0.717) is 11.1 Å². The van der Waals surface area contributed by atoms with Gasteiger partial charge in [-0.1, -0.05) is 17.7 Å². The SMILES string of the molecule is O=C(Cn1cc([N+](=O)[O-])cn1)NC(c1ccc(Cl)nc1)C1CC1. The number of amides is 1. The minimum Gasteiger partial charge on any atom is -0.347 e. The van der Waals surface area contributed by atoms with Gasteiger partial charge < -0.3 is 5.32 Å². The maximum absolute atomic E-state index is 12.2. The van der Waals surface area contributed by atoms with Crippen molar-refractivity contribution in [1.29, 1.82) is 0 Å². The Morgan fingerprint density at radius 1 is 1.48 bits per heavy atom. The van der Waals surface area contributed by atoms with Crippen LogP contribution in [0.4, 0.5) is 5.69 Å². The molecule has 23 heavy (non-hydrogen) atoms. The van der Waals surface area contributed by atoms with Gasteiger partial charge in [0.1, 0.15) is 24.1 Å². The Labute approximate surface area is 136 Å². The highest BCUT2D eigenvalue weighted by molar-refractivity contribution is 6.29. The van der Waals surface area contributed by atoms with Crippen LogP contribution in [0.15, 0.2) is 30.7 Å². The van der Waals surface area contributed by atoms with Crippen LogP contribution in [0.25, 0.3) is 0 Å². The van der Waals surface area contributed by atoms with E-state index < -0.39 is 4.92 Å². The maximum atomic E-state index is 12.2. The normalized spacial score (nSPS) is 15.2. The average Bonchev–Trinajstić information content (AvgIpc) is 3.25. The number of carbonyl (C=O) groups is 1. The molecule has 2 aromatic heterocycles. The number of nitrogens with one attached hydrogen (secondary N) is 1. The molecule has 0 spiro atoms. The predicted molar refractivity (Wildman–Crippen MR) is 81.7 cm³/mol. The monoisotopic (exact) mass is 335 g/mol. The maximum Gasteiger partial charge on any atom is 0.307 e. The van der Waals surface area contributed by atoms with Crippen molar-refractivity contribution >= 4 is 23.2 Å². The van der Waals surface area contributed by atoms with E-state index in [1.165, 1.54) is 10.9 Å². The highest BCUT2D eigenvalue weighted by Crippen LogP contribution is 2.40. The first kappa shape index (κ1) is 15.4. The molecule has 9 heteroatoms. The third-order valence-corrected chi connectivity index (χ3v) is 3.88. The summed E-state index contributed by atoms with van der Waals surface area (Å²) >= 11 is 5.79. The van der Waals surface area contributed by atoms with Crippen LogP contribution >= 0.6 is 11.6 Å². The van der Waals surface area contributed by atoms with Gasteiger partial charge in [-0.3, -0.25) is 19.6 Å². The van der Waals surface area contributed by atoms with Gasteiger partial charge in [-0.25, -0.2) is 4.98 Å². The molecule has 2 heterocycles. The van der Waals surface area contributed by atoms with Crippen LogP contribution in [0.1, 0.15) is 24.4 Å². The van der Waals surface area contributed by atoms with Crippen molar-refractivity contribution in [1.82, 2.24) is 20.1 Å². The molecule has 1 atom stereocenters. The lowest BCUT2D eigenvalue weighted by molar-refractivity contribution is -0.385. The summed E-state index contributed by atoms with van der Waals surface area (Å²) in [4.78, 5) is 26.3. The number of halogens is 1. The van der Waals surface area contributed by atoms with Gasteiger partial charge in [0.15, 0.2) is 0 Å². The number of pyridine rings is 1. The first-order valence-corrected chi connectivity index (χ1v) is 7.48. The fraction of sp³-hybridized carbons (Fsp3) is 0.357. The Morgan fingerprint density at radius 3 is 2.83 bits per heavy atom. The van der Waals surface area contributed by atoms with E-state index in [9.17, 15) is 14.9 Å². The molecule has 8 nitrogen and oxygen atoms in total. The lowest BCUT2D eigenvalue weighted by Gasteiger charge is -2.18. The lowest BCUT2D eigenvalue weighted by Crippen LogP contribution is -2.32. The number of hydrogen-bond acceptors (Lipinski definition) is 5. The molecule has 3 rings (SSSR count).